The van der Waals surface area contributed by atoms with Crippen LogP contribution in [0.5, 0.6) is 11.5 Å². The first-order valence-corrected chi connectivity index (χ1v) is 18.0. The topological polar surface area (TPSA) is 83.6 Å². The molecule has 3 aliphatic rings. The monoisotopic (exact) mass is 672 g/mol. The minimum atomic E-state index is -0.786. The molecule has 1 saturated heterocycles. The third kappa shape index (κ3) is 9.49. The molecule has 3 fully saturated rings. The number of halogens is 1. The van der Waals surface area contributed by atoms with Crippen LogP contribution in [0.4, 0.5) is 4.39 Å². The quantitative estimate of drug-likeness (QED) is 0.0731. The molecule has 0 N–H and O–H groups in total. The molecule has 0 amide bonds. The van der Waals surface area contributed by atoms with E-state index in [4.69, 9.17) is 23.7 Å². The van der Waals surface area contributed by atoms with Crippen molar-refractivity contribution >= 4 is 11.9 Å². The number of hydrogen-bond acceptors (Lipinski definition) is 7. The van der Waals surface area contributed by atoms with Crippen molar-refractivity contribution in [1.29, 1.82) is 0 Å². The largest absolute Gasteiger partial charge is 0.493 e. The molecule has 6 rings (SSSR count). The molecule has 2 saturated carbocycles. The minimum absolute atomic E-state index is 0.0515. The normalized spacial score (nSPS) is 24.6. The summed E-state index contributed by atoms with van der Waals surface area (Å²) in [6.45, 7) is 8.52. The summed E-state index contributed by atoms with van der Waals surface area (Å²) in [5.74, 6) is 0.902. The molecule has 3 aromatic rings. The number of epoxide rings is 1. The second kappa shape index (κ2) is 16.3. The number of carbonyl (C=O) groups excluding carboxylic acids is 2. The SMILES string of the molecule is CC1CCC(C(C)C)C(OC(=O)c2ccc(-c3ccc(OC(=O)c4ccc(OCCCCOCC5CCC6OC6C5)cc4F)cc3)cc2)C1. The fourth-order valence-electron chi connectivity index (χ4n) is 7.27. The highest BCUT2D eigenvalue weighted by molar-refractivity contribution is 5.92. The second-order valence-electron chi connectivity index (χ2n) is 14.4. The molecule has 0 aromatic heterocycles. The van der Waals surface area contributed by atoms with Crippen LogP contribution in [0.25, 0.3) is 11.1 Å². The van der Waals surface area contributed by atoms with Crippen LogP contribution in [-0.2, 0) is 14.2 Å². The zero-order valence-electron chi connectivity index (χ0n) is 28.9. The fourth-order valence-corrected chi connectivity index (χ4v) is 7.27. The molecule has 2 aliphatic carbocycles. The van der Waals surface area contributed by atoms with Gasteiger partial charge in [-0.15, -0.1) is 0 Å². The predicted molar refractivity (Wildman–Crippen MR) is 185 cm³/mol. The van der Waals surface area contributed by atoms with Gasteiger partial charge in [0.15, 0.2) is 0 Å². The number of ether oxygens (including phenoxy) is 5. The summed E-state index contributed by atoms with van der Waals surface area (Å²) >= 11 is 0. The van der Waals surface area contributed by atoms with Gasteiger partial charge in [-0.1, -0.05) is 51.5 Å². The molecule has 7 nitrogen and oxygen atoms in total. The number of carbonyl (C=O) groups is 2. The lowest BCUT2D eigenvalue weighted by molar-refractivity contribution is -0.0174. The van der Waals surface area contributed by atoms with Gasteiger partial charge in [-0.05, 0) is 116 Å². The molecule has 6 atom stereocenters. The number of rotatable bonds is 14. The Kier molecular flexibility index (Phi) is 11.7. The minimum Gasteiger partial charge on any atom is -0.493 e. The zero-order valence-corrected chi connectivity index (χ0v) is 28.9. The highest BCUT2D eigenvalue weighted by Crippen LogP contribution is 2.39. The highest BCUT2D eigenvalue weighted by atomic mass is 19.1. The summed E-state index contributed by atoms with van der Waals surface area (Å²) in [5.41, 5.74) is 2.15. The maximum atomic E-state index is 14.8. The molecule has 0 radical (unpaired) electrons. The molecule has 6 unspecified atom stereocenters. The summed E-state index contributed by atoms with van der Waals surface area (Å²) in [6, 6.07) is 18.5. The van der Waals surface area contributed by atoms with Gasteiger partial charge in [-0.3, -0.25) is 0 Å². The molecule has 1 heterocycles. The van der Waals surface area contributed by atoms with Crippen LogP contribution in [0, 0.1) is 29.5 Å². The third-order valence-electron chi connectivity index (χ3n) is 10.3. The first kappa shape index (κ1) is 35.1. The van der Waals surface area contributed by atoms with Gasteiger partial charge in [0.2, 0.25) is 0 Å². The molecule has 1 aliphatic heterocycles. The highest BCUT2D eigenvalue weighted by Gasteiger charge is 2.43. The third-order valence-corrected chi connectivity index (χ3v) is 10.3. The maximum Gasteiger partial charge on any atom is 0.346 e. The van der Waals surface area contributed by atoms with Crippen LogP contribution in [0.1, 0.15) is 92.9 Å². The van der Waals surface area contributed by atoms with E-state index in [9.17, 15) is 14.0 Å². The van der Waals surface area contributed by atoms with E-state index < -0.39 is 11.8 Å². The van der Waals surface area contributed by atoms with Gasteiger partial charge >= 0.3 is 11.9 Å². The van der Waals surface area contributed by atoms with Crippen LogP contribution in [0.2, 0.25) is 0 Å². The number of unbranched alkanes of at least 4 members (excludes halogenated alkanes) is 1. The van der Waals surface area contributed by atoms with Crippen molar-refractivity contribution in [1.82, 2.24) is 0 Å². The van der Waals surface area contributed by atoms with E-state index in [1.807, 2.05) is 24.3 Å². The molecule has 8 heteroatoms. The first-order valence-electron chi connectivity index (χ1n) is 18.0. The molecule has 0 bridgehead atoms. The first-order chi connectivity index (χ1) is 23.7. The average Bonchev–Trinajstić information content (AvgIpc) is 3.87. The second-order valence-corrected chi connectivity index (χ2v) is 14.4. The van der Waals surface area contributed by atoms with Crippen molar-refractivity contribution in [2.75, 3.05) is 19.8 Å². The van der Waals surface area contributed by atoms with Crippen molar-refractivity contribution in [3.05, 3.63) is 83.7 Å². The lowest BCUT2D eigenvalue weighted by Crippen LogP contribution is -2.35. The summed E-state index contributed by atoms with van der Waals surface area (Å²) in [6.07, 6.45) is 9.21. The van der Waals surface area contributed by atoms with Gasteiger partial charge in [-0.25, -0.2) is 14.0 Å². The van der Waals surface area contributed by atoms with E-state index in [-0.39, 0.29) is 17.6 Å². The smallest absolute Gasteiger partial charge is 0.346 e. The summed E-state index contributed by atoms with van der Waals surface area (Å²) in [5, 5.41) is 0. The molecule has 0 spiro atoms. The van der Waals surface area contributed by atoms with Gasteiger partial charge in [-0.2, -0.15) is 0 Å². The van der Waals surface area contributed by atoms with Crippen LogP contribution in [0.15, 0.2) is 66.7 Å². The number of esters is 2. The van der Waals surface area contributed by atoms with Gasteiger partial charge in [0.05, 0.1) is 29.9 Å². The van der Waals surface area contributed by atoms with E-state index in [0.29, 0.717) is 66.2 Å². The number of hydrogen-bond donors (Lipinski definition) is 0. The molecule has 3 aromatic carbocycles. The lowest BCUT2D eigenvalue weighted by atomic mass is 9.75. The fraction of sp³-hybridized carbons (Fsp3) is 0.512. The Bertz CT molecular complexity index is 1550. The zero-order chi connectivity index (χ0) is 34.3. The Morgan fingerprint density at radius 1 is 0.816 bits per heavy atom. The number of benzene rings is 3. The van der Waals surface area contributed by atoms with E-state index in [2.05, 4.69) is 20.8 Å². The summed E-state index contributed by atoms with van der Waals surface area (Å²) < 4.78 is 43.4. The Morgan fingerprint density at radius 3 is 2.24 bits per heavy atom. The Hall–Kier alpha value is -3.75. The van der Waals surface area contributed by atoms with Crippen molar-refractivity contribution < 1.29 is 37.7 Å². The Balaban J connectivity index is 0.928. The molecule has 262 valence electrons. The van der Waals surface area contributed by atoms with E-state index >= 15 is 0 Å². The van der Waals surface area contributed by atoms with Gasteiger partial charge in [0, 0.05) is 19.3 Å². The van der Waals surface area contributed by atoms with Crippen molar-refractivity contribution in [2.45, 2.75) is 90.4 Å². The van der Waals surface area contributed by atoms with Gasteiger partial charge in [0.25, 0.3) is 0 Å². The van der Waals surface area contributed by atoms with Crippen LogP contribution >= 0.6 is 0 Å². The Labute approximate surface area is 289 Å². The molecular formula is C41H49FO7. The standard InChI is InChI=1S/C41H49FO7/c1-26(2)34-17-6-27(3)22-38(34)49-40(43)31-10-8-29(9-11-31)30-12-14-32(15-13-30)47-41(44)35-18-16-33(24-36(35)42)46-21-5-4-20-45-25-28-7-19-37-39(23-28)48-37/h8-16,18,24,26-28,34,37-39H,4-7,17,19-23,25H2,1-3H3. The van der Waals surface area contributed by atoms with Crippen LogP contribution < -0.4 is 9.47 Å². The van der Waals surface area contributed by atoms with Crippen molar-refractivity contribution in [3.8, 4) is 22.6 Å². The van der Waals surface area contributed by atoms with E-state index in [1.54, 1.807) is 30.3 Å². The lowest BCUT2D eigenvalue weighted by Gasteiger charge is -2.36. The predicted octanol–water partition coefficient (Wildman–Crippen LogP) is 9.07. The Morgan fingerprint density at radius 2 is 1.53 bits per heavy atom. The number of fused-ring (bicyclic) bond motifs is 1. The molecule has 49 heavy (non-hydrogen) atoms. The summed E-state index contributed by atoms with van der Waals surface area (Å²) in [7, 11) is 0. The average molecular weight is 673 g/mol. The molecular weight excluding hydrogens is 623 g/mol. The van der Waals surface area contributed by atoms with Gasteiger partial charge < -0.3 is 23.7 Å². The van der Waals surface area contributed by atoms with Crippen LogP contribution in [-0.4, -0.2) is 50.1 Å². The van der Waals surface area contributed by atoms with Crippen LogP contribution in [0.3, 0.4) is 0 Å². The maximum absolute atomic E-state index is 14.8. The van der Waals surface area contributed by atoms with Gasteiger partial charge in [0.1, 0.15) is 23.4 Å². The van der Waals surface area contributed by atoms with E-state index in [1.165, 1.54) is 25.0 Å². The summed E-state index contributed by atoms with van der Waals surface area (Å²) in [4.78, 5) is 25.7. The van der Waals surface area contributed by atoms with Crippen molar-refractivity contribution in [2.24, 2.45) is 23.7 Å². The van der Waals surface area contributed by atoms with E-state index in [0.717, 1.165) is 56.3 Å². The van der Waals surface area contributed by atoms with Crippen molar-refractivity contribution in [3.63, 3.8) is 0 Å².